The molecule has 1 atom stereocenters. The summed E-state index contributed by atoms with van der Waals surface area (Å²) in [5.41, 5.74) is 0.867. The van der Waals surface area contributed by atoms with Gasteiger partial charge in [-0.3, -0.25) is 9.59 Å². The quantitative estimate of drug-likeness (QED) is 0.390. The topological polar surface area (TPSA) is 88.9 Å². The third-order valence-electron chi connectivity index (χ3n) is 4.45. The van der Waals surface area contributed by atoms with E-state index in [0.717, 1.165) is 0 Å². The van der Waals surface area contributed by atoms with Crippen LogP contribution in [-0.4, -0.2) is 32.3 Å². The third-order valence-corrected chi connectivity index (χ3v) is 6.30. The molecule has 0 unspecified atom stereocenters. The Morgan fingerprint density at radius 2 is 1.84 bits per heavy atom. The lowest BCUT2D eigenvalue weighted by Gasteiger charge is -2.15. The van der Waals surface area contributed by atoms with Crippen LogP contribution in [0.5, 0.6) is 0 Å². The molecule has 0 spiro atoms. The van der Waals surface area contributed by atoms with Crippen molar-refractivity contribution in [3.8, 4) is 0 Å². The molecule has 11 heteroatoms. The minimum absolute atomic E-state index is 0.129. The van der Waals surface area contributed by atoms with Gasteiger partial charge in [-0.2, -0.15) is 0 Å². The van der Waals surface area contributed by atoms with Gasteiger partial charge in [-0.15, -0.1) is 10.2 Å². The minimum Gasteiger partial charge on any atom is -0.342 e. The van der Waals surface area contributed by atoms with Crippen molar-refractivity contribution < 1.29 is 9.59 Å². The normalized spacial score (nSPS) is 11.8. The van der Waals surface area contributed by atoms with Gasteiger partial charge in [0.05, 0.1) is 33.1 Å². The van der Waals surface area contributed by atoms with Crippen molar-refractivity contribution in [1.29, 1.82) is 0 Å². The standard InChI is InChI=1S/C21H20Cl3N5O2S/c1-3-29-19(12(2)25-20(31)14-9-8-13(22)10-16(14)24)27-28-21(29)32-11-18(30)26-17-7-5-4-6-15(17)23/h4-10,12H,3,11H2,1-2H3,(H,25,31)(H,26,30)/t12-/m1/s1. The molecule has 32 heavy (non-hydrogen) atoms. The molecule has 0 aliphatic heterocycles. The zero-order valence-corrected chi connectivity index (χ0v) is 20.3. The number of rotatable bonds is 8. The van der Waals surface area contributed by atoms with Crippen LogP contribution in [0.1, 0.15) is 36.1 Å². The van der Waals surface area contributed by atoms with Gasteiger partial charge in [0.1, 0.15) is 0 Å². The maximum absolute atomic E-state index is 12.6. The first kappa shape index (κ1) is 24.4. The molecule has 2 aromatic carbocycles. The lowest BCUT2D eigenvalue weighted by Crippen LogP contribution is -2.29. The van der Waals surface area contributed by atoms with E-state index in [1.54, 1.807) is 43.3 Å². The van der Waals surface area contributed by atoms with Crippen LogP contribution in [0.3, 0.4) is 0 Å². The van der Waals surface area contributed by atoms with E-state index in [-0.39, 0.29) is 22.6 Å². The second kappa shape index (κ2) is 11.0. The summed E-state index contributed by atoms with van der Waals surface area (Å²) in [5, 5.41) is 15.8. The highest BCUT2D eigenvalue weighted by atomic mass is 35.5. The van der Waals surface area contributed by atoms with Crippen LogP contribution in [0, 0.1) is 0 Å². The first-order chi connectivity index (χ1) is 15.3. The Labute approximate surface area is 204 Å². The SMILES string of the molecule is CCn1c(SCC(=O)Nc2ccccc2Cl)nnc1[C@@H](C)NC(=O)c1ccc(Cl)cc1Cl. The second-order valence-electron chi connectivity index (χ2n) is 6.72. The Bertz CT molecular complexity index is 1140. The number of aromatic nitrogens is 3. The van der Waals surface area contributed by atoms with E-state index in [0.29, 0.717) is 38.8 Å². The molecule has 0 radical (unpaired) electrons. The molecule has 0 saturated heterocycles. The number of carbonyl (C=O) groups is 2. The molecule has 1 heterocycles. The average molecular weight is 513 g/mol. The fourth-order valence-corrected chi connectivity index (χ4v) is 4.40. The van der Waals surface area contributed by atoms with Crippen LogP contribution in [0.2, 0.25) is 15.1 Å². The molecule has 3 aromatic rings. The average Bonchev–Trinajstić information content (AvgIpc) is 3.17. The Hall–Kier alpha value is -2.26. The predicted octanol–water partition coefficient (Wildman–Crippen LogP) is 5.48. The molecule has 3 rings (SSSR count). The number of amides is 2. The smallest absolute Gasteiger partial charge is 0.253 e. The Morgan fingerprint density at radius 3 is 2.53 bits per heavy atom. The molecular formula is C21H20Cl3N5O2S. The molecular weight excluding hydrogens is 493 g/mol. The van der Waals surface area contributed by atoms with Gasteiger partial charge < -0.3 is 15.2 Å². The van der Waals surface area contributed by atoms with Crippen molar-refractivity contribution in [3.05, 3.63) is 68.9 Å². The molecule has 168 valence electrons. The Morgan fingerprint density at radius 1 is 1.09 bits per heavy atom. The number of para-hydroxylation sites is 1. The van der Waals surface area contributed by atoms with Crippen molar-refractivity contribution >= 4 is 64.1 Å². The number of thioether (sulfide) groups is 1. The van der Waals surface area contributed by atoms with Crippen LogP contribution in [-0.2, 0) is 11.3 Å². The highest BCUT2D eigenvalue weighted by molar-refractivity contribution is 7.99. The first-order valence-electron chi connectivity index (χ1n) is 9.66. The third kappa shape index (κ3) is 5.95. The largest absolute Gasteiger partial charge is 0.342 e. The van der Waals surface area contributed by atoms with Crippen LogP contribution in [0.25, 0.3) is 0 Å². The summed E-state index contributed by atoms with van der Waals surface area (Å²) in [4.78, 5) is 24.9. The van der Waals surface area contributed by atoms with Crippen molar-refractivity contribution in [2.45, 2.75) is 31.6 Å². The van der Waals surface area contributed by atoms with Crippen molar-refractivity contribution in [2.24, 2.45) is 0 Å². The monoisotopic (exact) mass is 511 g/mol. The van der Waals surface area contributed by atoms with E-state index in [1.807, 2.05) is 11.5 Å². The molecule has 7 nitrogen and oxygen atoms in total. The van der Waals surface area contributed by atoms with Crippen LogP contribution in [0.15, 0.2) is 47.6 Å². The van der Waals surface area contributed by atoms with Gasteiger partial charge in [0, 0.05) is 11.6 Å². The fraction of sp³-hybridized carbons (Fsp3) is 0.238. The van der Waals surface area contributed by atoms with E-state index in [4.69, 9.17) is 34.8 Å². The van der Waals surface area contributed by atoms with Crippen LogP contribution < -0.4 is 10.6 Å². The van der Waals surface area contributed by atoms with Gasteiger partial charge in [-0.25, -0.2) is 0 Å². The highest BCUT2D eigenvalue weighted by Gasteiger charge is 2.21. The van der Waals surface area contributed by atoms with E-state index >= 15 is 0 Å². The molecule has 2 amide bonds. The van der Waals surface area contributed by atoms with Crippen LogP contribution in [0.4, 0.5) is 5.69 Å². The highest BCUT2D eigenvalue weighted by Crippen LogP contribution is 2.25. The van der Waals surface area contributed by atoms with Crippen molar-refractivity contribution in [1.82, 2.24) is 20.1 Å². The molecule has 0 aliphatic carbocycles. The minimum atomic E-state index is -0.437. The summed E-state index contributed by atoms with van der Waals surface area (Å²) in [6.07, 6.45) is 0. The van der Waals surface area contributed by atoms with Crippen molar-refractivity contribution in [2.75, 3.05) is 11.1 Å². The number of hydrogen-bond donors (Lipinski definition) is 2. The number of halogens is 3. The number of carbonyl (C=O) groups excluding carboxylic acids is 2. The number of benzene rings is 2. The maximum Gasteiger partial charge on any atom is 0.253 e. The molecule has 0 bridgehead atoms. The Balaban J connectivity index is 1.65. The Kier molecular flexibility index (Phi) is 8.42. The van der Waals surface area contributed by atoms with E-state index in [1.165, 1.54) is 17.8 Å². The summed E-state index contributed by atoms with van der Waals surface area (Å²) in [5.74, 6) is 0.136. The van der Waals surface area contributed by atoms with E-state index < -0.39 is 6.04 Å². The van der Waals surface area contributed by atoms with Gasteiger partial charge in [0.25, 0.3) is 5.91 Å². The van der Waals surface area contributed by atoms with Crippen LogP contribution >= 0.6 is 46.6 Å². The van der Waals surface area contributed by atoms with Crippen molar-refractivity contribution in [3.63, 3.8) is 0 Å². The van der Waals surface area contributed by atoms with E-state index in [9.17, 15) is 9.59 Å². The van der Waals surface area contributed by atoms with Gasteiger partial charge in [-0.05, 0) is 44.2 Å². The summed E-state index contributed by atoms with van der Waals surface area (Å²) < 4.78 is 1.85. The lowest BCUT2D eigenvalue weighted by molar-refractivity contribution is -0.113. The summed E-state index contributed by atoms with van der Waals surface area (Å²) in [6.45, 7) is 4.31. The van der Waals surface area contributed by atoms with E-state index in [2.05, 4.69) is 20.8 Å². The van der Waals surface area contributed by atoms with Gasteiger partial charge in [0.15, 0.2) is 11.0 Å². The predicted molar refractivity (Wildman–Crippen MR) is 129 cm³/mol. The fourth-order valence-electron chi connectivity index (χ4n) is 2.92. The molecule has 0 fully saturated rings. The number of anilines is 1. The number of nitrogens with one attached hydrogen (secondary N) is 2. The molecule has 0 aliphatic rings. The summed E-state index contributed by atoms with van der Waals surface area (Å²) >= 11 is 19.3. The maximum atomic E-state index is 12.6. The zero-order valence-electron chi connectivity index (χ0n) is 17.2. The first-order valence-corrected chi connectivity index (χ1v) is 11.8. The van der Waals surface area contributed by atoms with Gasteiger partial charge in [-0.1, -0.05) is 58.7 Å². The zero-order chi connectivity index (χ0) is 23.3. The number of nitrogens with zero attached hydrogens (tertiary/aromatic N) is 3. The molecule has 2 N–H and O–H groups in total. The second-order valence-corrected chi connectivity index (χ2v) is 8.91. The molecule has 0 saturated carbocycles. The van der Waals surface area contributed by atoms with Gasteiger partial charge >= 0.3 is 0 Å². The number of hydrogen-bond acceptors (Lipinski definition) is 5. The summed E-state index contributed by atoms with van der Waals surface area (Å²) in [6, 6.07) is 11.3. The lowest BCUT2D eigenvalue weighted by atomic mass is 10.2. The molecule has 1 aromatic heterocycles. The summed E-state index contributed by atoms with van der Waals surface area (Å²) in [7, 11) is 0. The van der Waals surface area contributed by atoms with Gasteiger partial charge in [0.2, 0.25) is 5.91 Å².